The standard InChI is InChI=1S/C28H24FN5O5S/c1-38-24-16-19(34(36)37)9-10-20(24)22-11-12-23(39-22)27-26(21-4-2-3-14-30-21)32-28(40)33(27)15-13-25(35)31-18-7-5-17(29)6-8-18/h2-12,14,16,26-27H,13,15H2,1H3,(H,31,35)(H,32,40)/t26-,27+/m1/s1. The van der Waals surface area contributed by atoms with Crippen molar-refractivity contribution in [3.63, 3.8) is 0 Å². The lowest BCUT2D eigenvalue weighted by molar-refractivity contribution is -0.384. The molecule has 204 valence electrons. The number of non-ortho nitro benzene ring substituents is 1. The minimum atomic E-state index is -0.493. The Hall–Kier alpha value is -4.84. The van der Waals surface area contributed by atoms with Crippen molar-refractivity contribution in [1.82, 2.24) is 15.2 Å². The second kappa shape index (κ2) is 11.5. The summed E-state index contributed by atoms with van der Waals surface area (Å²) in [4.78, 5) is 29.8. The molecule has 2 aromatic carbocycles. The number of anilines is 1. The first-order valence-electron chi connectivity index (χ1n) is 12.3. The summed E-state index contributed by atoms with van der Waals surface area (Å²) in [5.74, 6) is 0.653. The number of thiocarbonyl (C=S) groups is 1. The number of nitro groups is 1. The maximum absolute atomic E-state index is 13.2. The molecule has 2 N–H and O–H groups in total. The van der Waals surface area contributed by atoms with Crippen LogP contribution in [0.5, 0.6) is 5.75 Å². The SMILES string of the molecule is COc1cc([N+](=O)[O-])ccc1-c1ccc([C@H]2[C@@H](c3ccccn3)NC(=S)N2CCC(=O)Nc2ccc(F)cc2)o1. The zero-order valence-corrected chi connectivity index (χ0v) is 22.1. The van der Waals surface area contributed by atoms with Crippen LogP contribution in [0.15, 0.2) is 83.4 Å². The van der Waals surface area contributed by atoms with Crippen LogP contribution >= 0.6 is 12.2 Å². The summed E-state index contributed by atoms with van der Waals surface area (Å²) >= 11 is 5.66. The smallest absolute Gasteiger partial charge is 0.273 e. The van der Waals surface area contributed by atoms with Gasteiger partial charge in [0.25, 0.3) is 5.69 Å². The van der Waals surface area contributed by atoms with Gasteiger partial charge in [-0.25, -0.2) is 4.39 Å². The predicted octanol–water partition coefficient (Wildman–Crippen LogP) is 5.40. The van der Waals surface area contributed by atoms with Crippen LogP contribution in [-0.4, -0.2) is 39.5 Å². The molecule has 10 nitrogen and oxygen atoms in total. The normalized spacial score (nSPS) is 16.4. The molecule has 0 radical (unpaired) electrons. The summed E-state index contributed by atoms with van der Waals surface area (Å²) in [6, 6.07) is 18.1. The number of furan rings is 1. The molecule has 0 spiro atoms. The number of carbonyl (C=O) groups is 1. The number of halogens is 1. The zero-order chi connectivity index (χ0) is 28.2. The number of pyridine rings is 1. The second-order valence-corrected chi connectivity index (χ2v) is 9.36. The van der Waals surface area contributed by atoms with Gasteiger partial charge in [-0.1, -0.05) is 6.07 Å². The van der Waals surface area contributed by atoms with Gasteiger partial charge in [0.2, 0.25) is 5.91 Å². The summed E-state index contributed by atoms with van der Waals surface area (Å²) in [7, 11) is 1.43. The molecule has 5 rings (SSSR count). The number of amides is 1. The van der Waals surface area contributed by atoms with Crippen molar-refractivity contribution in [3.8, 4) is 17.1 Å². The molecule has 1 aliphatic heterocycles. The van der Waals surface area contributed by atoms with Crippen molar-refractivity contribution in [3.05, 3.63) is 106 Å². The first kappa shape index (κ1) is 26.8. The van der Waals surface area contributed by atoms with E-state index in [0.717, 1.165) is 5.69 Å². The molecule has 1 fully saturated rings. The fourth-order valence-corrected chi connectivity index (χ4v) is 4.92. The Morgan fingerprint density at radius 3 is 2.70 bits per heavy atom. The Morgan fingerprint density at radius 2 is 2.00 bits per heavy atom. The average Bonchev–Trinajstić information content (AvgIpc) is 3.57. The largest absolute Gasteiger partial charge is 0.496 e. The van der Waals surface area contributed by atoms with Crippen molar-refractivity contribution in [2.24, 2.45) is 0 Å². The number of aromatic nitrogens is 1. The van der Waals surface area contributed by atoms with Gasteiger partial charge >= 0.3 is 0 Å². The summed E-state index contributed by atoms with van der Waals surface area (Å²) in [5, 5.41) is 17.7. The third-order valence-corrected chi connectivity index (χ3v) is 6.84. The van der Waals surface area contributed by atoms with Gasteiger partial charge in [-0.15, -0.1) is 0 Å². The van der Waals surface area contributed by atoms with E-state index in [1.807, 2.05) is 23.1 Å². The fraction of sp³-hybridized carbons (Fsp3) is 0.179. The Bertz CT molecular complexity index is 1550. The van der Waals surface area contributed by atoms with E-state index in [4.69, 9.17) is 21.4 Å². The highest BCUT2D eigenvalue weighted by Crippen LogP contribution is 2.42. The molecule has 3 heterocycles. The molecule has 1 aliphatic rings. The van der Waals surface area contributed by atoms with Gasteiger partial charge in [0.15, 0.2) is 5.11 Å². The van der Waals surface area contributed by atoms with Gasteiger partial charge in [0, 0.05) is 30.9 Å². The first-order valence-corrected chi connectivity index (χ1v) is 12.7. The van der Waals surface area contributed by atoms with E-state index < -0.39 is 11.0 Å². The summed E-state index contributed by atoms with van der Waals surface area (Å²) < 4.78 is 24.9. The fourth-order valence-electron chi connectivity index (χ4n) is 4.59. The predicted molar refractivity (Wildman–Crippen MR) is 149 cm³/mol. The number of hydrogen-bond acceptors (Lipinski definition) is 7. The minimum absolute atomic E-state index is 0.0990. The lowest BCUT2D eigenvalue weighted by atomic mass is 10.0. The molecule has 12 heteroatoms. The Balaban J connectivity index is 1.42. The molecule has 1 saturated heterocycles. The molecule has 0 aliphatic carbocycles. The number of rotatable bonds is 9. The van der Waals surface area contributed by atoms with Crippen LogP contribution in [0.3, 0.4) is 0 Å². The molecule has 2 atom stereocenters. The number of methoxy groups -OCH3 is 1. The number of benzene rings is 2. The van der Waals surface area contributed by atoms with Crippen molar-refractivity contribution in [1.29, 1.82) is 0 Å². The quantitative estimate of drug-likeness (QED) is 0.157. The van der Waals surface area contributed by atoms with Crippen LogP contribution in [0.4, 0.5) is 15.8 Å². The maximum atomic E-state index is 13.2. The Morgan fingerprint density at radius 1 is 1.20 bits per heavy atom. The number of hydrogen-bond donors (Lipinski definition) is 2. The molecule has 2 aromatic heterocycles. The number of nitrogens with one attached hydrogen (secondary N) is 2. The minimum Gasteiger partial charge on any atom is -0.496 e. The first-order chi connectivity index (χ1) is 19.3. The lowest BCUT2D eigenvalue weighted by Crippen LogP contribution is -2.32. The van der Waals surface area contributed by atoms with Gasteiger partial charge in [0.05, 0.1) is 35.4 Å². The van der Waals surface area contributed by atoms with Crippen molar-refractivity contribution in [2.45, 2.75) is 18.5 Å². The Labute approximate surface area is 233 Å². The van der Waals surface area contributed by atoms with Gasteiger partial charge in [-0.2, -0.15) is 0 Å². The van der Waals surface area contributed by atoms with Crippen LogP contribution < -0.4 is 15.4 Å². The molecular formula is C28H24FN5O5S. The van der Waals surface area contributed by atoms with Crippen LogP contribution in [-0.2, 0) is 4.79 Å². The van der Waals surface area contributed by atoms with Gasteiger partial charge < -0.3 is 24.7 Å². The average molecular weight is 562 g/mol. The number of nitro benzene ring substituents is 1. The third-order valence-electron chi connectivity index (χ3n) is 6.49. The van der Waals surface area contributed by atoms with E-state index in [2.05, 4.69) is 15.6 Å². The van der Waals surface area contributed by atoms with Crippen LogP contribution in [0.25, 0.3) is 11.3 Å². The monoisotopic (exact) mass is 561 g/mol. The van der Waals surface area contributed by atoms with Crippen molar-refractivity contribution < 1.29 is 23.3 Å². The molecule has 0 bridgehead atoms. The van der Waals surface area contributed by atoms with Crippen LogP contribution in [0.2, 0.25) is 0 Å². The summed E-state index contributed by atoms with van der Waals surface area (Å²) in [6.45, 7) is 0.268. The molecular weight excluding hydrogens is 537 g/mol. The number of ether oxygens (including phenoxy) is 1. The van der Waals surface area contributed by atoms with Crippen molar-refractivity contribution >= 4 is 34.6 Å². The molecule has 0 unspecified atom stereocenters. The van der Waals surface area contributed by atoms with E-state index >= 15 is 0 Å². The second-order valence-electron chi connectivity index (χ2n) is 8.97. The Kier molecular flexibility index (Phi) is 7.69. The maximum Gasteiger partial charge on any atom is 0.273 e. The molecule has 0 saturated carbocycles. The summed E-state index contributed by atoms with van der Waals surface area (Å²) in [5.41, 5.74) is 1.67. The zero-order valence-electron chi connectivity index (χ0n) is 21.2. The van der Waals surface area contributed by atoms with Gasteiger partial charge in [-0.3, -0.25) is 19.9 Å². The lowest BCUT2D eigenvalue weighted by Gasteiger charge is -2.25. The summed E-state index contributed by atoms with van der Waals surface area (Å²) in [6.07, 6.45) is 1.79. The number of nitrogens with zero attached hydrogens (tertiary/aromatic N) is 3. The van der Waals surface area contributed by atoms with E-state index in [9.17, 15) is 19.3 Å². The molecule has 1 amide bonds. The van der Waals surface area contributed by atoms with Gasteiger partial charge in [0.1, 0.15) is 29.1 Å². The van der Waals surface area contributed by atoms with Crippen molar-refractivity contribution in [2.75, 3.05) is 19.0 Å². The highest BCUT2D eigenvalue weighted by atomic mass is 32.1. The highest BCUT2D eigenvalue weighted by molar-refractivity contribution is 7.80. The third kappa shape index (κ3) is 5.61. The van der Waals surface area contributed by atoms with E-state index in [-0.39, 0.29) is 36.4 Å². The van der Waals surface area contributed by atoms with E-state index in [0.29, 0.717) is 33.6 Å². The van der Waals surface area contributed by atoms with E-state index in [1.54, 1.807) is 24.4 Å². The highest BCUT2D eigenvalue weighted by Gasteiger charge is 2.41. The van der Waals surface area contributed by atoms with Crippen LogP contribution in [0, 0.1) is 15.9 Å². The molecule has 40 heavy (non-hydrogen) atoms. The topological polar surface area (TPSA) is 123 Å². The molecule has 4 aromatic rings. The number of carbonyl (C=O) groups excluding carboxylic acids is 1. The van der Waals surface area contributed by atoms with Gasteiger partial charge in [-0.05, 0) is 66.8 Å². The van der Waals surface area contributed by atoms with E-state index in [1.165, 1.54) is 43.5 Å². The van der Waals surface area contributed by atoms with Crippen LogP contribution in [0.1, 0.15) is 30.0 Å².